The number of hydrogen-bond acceptors (Lipinski definition) is 3. The highest BCUT2D eigenvalue weighted by atomic mass is 16.5. The van der Waals surface area contributed by atoms with Gasteiger partial charge in [0.25, 0.3) is 0 Å². The van der Waals surface area contributed by atoms with Gasteiger partial charge in [0.2, 0.25) is 5.91 Å². The smallest absolute Gasteiger partial charge is 0.249 e. The normalized spacial score (nSPS) is 19.8. The fourth-order valence-electron chi connectivity index (χ4n) is 1.68. The Morgan fingerprint density at radius 1 is 1.56 bits per heavy atom. The van der Waals surface area contributed by atoms with Crippen LogP contribution in [0.4, 0.5) is 0 Å². The Morgan fingerprint density at radius 2 is 2.31 bits per heavy atom. The van der Waals surface area contributed by atoms with Gasteiger partial charge in [0.05, 0.1) is 6.04 Å². The largest absolute Gasteiger partial charge is 0.491 e. The van der Waals surface area contributed by atoms with Gasteiger partial charge >= 0.3 is 0 Å². The van der Waals surface area contributed by atoms with E-state index in [1.807, 2.05) is 24.3 Å². The van der Waals surface area contributed by atoms with Crippen LogP contribution < -0.4 is 10.1 Å². The van der Waals surface area contributed by atoms with Gasteiger partial charge in [0.15, 0.2) is 0 Å². The van der Waals surface area contributed by atoms with Crippen LogP contribution in [0, 0.1) is 0 Å². The second-order valence-corrected chi connectivity index (χ2v) is 3.79. The number of methoxy groups -OCH3 is 1. The third-order valence-electron chi connectivity index (χ3n) is 2.74. The maximum absolute atomic E-state index is 11.6. The van der Waals surface area contributed by atoms with Crippen LogP contribution >= 0.6 is 0 Å². The minimum atomic E-state index is -0.437. The summed E-state index contributed by atoms with van der Waals surface area (Å²) in [7, 11) is 1.52. The first-order valence-corrected chi connectivity index (χ1v) is 5.27. The van der Waals surface area contributed by atoms with Crippen molar-refractivity contribution in [1.82, 2.24) is 5.32 Å². The molecular formula is C12H15NO3. The Morgan fingerprint density at radius 3 is 3.06 bits per heavy atom. The van der Waals surface area contributed by atoms with Crippen molar-refractivity contribution in [3.05, 3.63) is 29.8 Å². The third-order valence-corrected chi connectivity index (χ3v) is 2.74. The first-order chi connectivity index (χ1) is 7.72. The summed E-state index contributed by atoms with van der Waals surface area (Å²) in [6.45, 7) is 2.21. The van der Waals surface area contributed by atoms with E-state index >= 15 is 0 Å². The molecule has 86 valence electrons. The van der Waals surface area contributed by atoms with Crippen LogP contribution in [0.2, 0.25) is 0 Å². The van der Waals surface area contributed by atoms with Crippen LogP contribution in [-0.2, 0) is 9.53 Å². The van der Waals surface area contributed by atoms with E-state index in [-0.39, 0.29) is 11.9 Å². The van der Waals surface area contributed by atoms with Crippen LogP contribution in [0.3, 0.4) is 0 Å². The highest BCUT2D eigenvalue weighted by Gasteiger charge is 2.26. The molecule has 1 aliphatic rings. The lowest BCUT2D eigenvalue weighted by atomic mass is 10.1. The summed E-state index contributed by atoms with van der Waals surface area (Å²) in [5, 5.41) is 2.90. The average Bonchev–Trinajstić information content (AvgIpc) is 2.72. The van der Waals surface area contributed by atoms with Gasteiger partial charge in [-0.05, 0) is 13.0 Å². The summed E-state index contributed by atoms with van der Waals surface area (Å²) in [5.41, 5.74) is 1.03. The molecule has 0 saturated heterocycles. The number of ether oxygens (including phenoxy) is 2. The van der Waals surface area contributed by atoms with E-state index < -0.39 is 6.10 Å². The lowest BCUT2D eigenvalue weighted by Gasteiger charge is -2.15. The van der Waals surface area contributed by atoms with Crippen LogP contribution in [0.1, 0.15) is 18.5 Å². The van der Waals surface area contributed by atoms with Gasteiger partial charge < -0.3 is 14.8 Å². The van der Waals surface area contributed by atoms with E-state index in [1.54, 1.807) is 6.92 Å². The van der Waals surface area contributed by atoms with Crippen molar-refractivity contribution >= 4 is 5.91 Å². The molecule has 1 aromatic carbocycles. The Labute approximate surface area is 94.6 Å². The first kappa shape index (κ1) is 11.0. The lowest BCUT2D eigenvalue weighted by Crippen LogP contribution is -2.37. The number of benzene rings is 1. The lowest BCUT2D eigenvalue weighted by molar-refractivity contribution is -0.130. The van der Waals surface area contributed by atoms with Crippen LogP contribution in [0.5, 0.6) is 5.75 Å². The van der Waals surface area contributed by atoms with E-state index in [9.17, 15) is 4.79 Å². The quantitative estimate of drug-likeness (QED) is 0.836. The summed E-state index contributed by atoms with van der Waals surface area (Å²) in [4.78, 5) is 11.6. The van der Waals surface area contributed by atoms with E-state index in [1.165, 1.54) is 7.11 Å². The molecule has 0 bridgehead atoms. The van der Waals surface area contributed by atoms with Crippen molar-refractivity contribution in [3.63, 3.8) is 0 Å². The number of nitrogens with one attached hydrogen (secondary N) is 1. The van der Waals surface area contributed by atoms with Crippen LogP contribution in [-0.4, -0.2) is 25.7 Å². The van der Waals surface area contributed by atoms with Crippen molar-refractivity contribution in [2.24, 2.45) is 0 Å². The molecule has 2 atom stereocenters. The van der Waals surface area contributed by atoms with Gasteiger partial charge in [0, 0.05) is 12.7 Å². The molecule has 1 aromatic rings. The highest BCUT2D eigenvalue weighted by molar-refractivity contribution is 5.81. The zero-order valence-corrected chi connectivity index (χ0v) is 9.40. The number of amides is 1. The highest BCUT2D eigenvalue weighted by Crippen LogP contribution is 2.31. The maximum atomic E-state index is 11.6. The molecule has 0 radical (unpaired) electrons. The molecule has 0 saturated carbocycles. The van der Waals surface area contributed by atoms with Gasteiger partial charge in [0.1, 0.15) is 18.5 Å². The average molecular weight is 221 g/mol. The minimum Gasteiger partial charge on any atom is -0.491 e. The van der Waals surface area contributed by atoms with Gasteiger partial charge in [-0.1, -0.05) is 18.2 Å². The monoisotopic (exact) mass is 221 g/mol. The maximum Gasteiger partial charge on any atom is 0.249 e. The van der Waals surface area contributed by atoms with Crippen LogP contribution in [0.25, 0.3) is 0 Å². The third kappa shape index (κ3) is 2.02. The Balaban J connectivity index is 2.06. The number of para-hydroxylation sites is 1. The summed E-state index contributed by atoms with van der Waals surface area (Å²) in [6, 6.07) is 7.65. The fraction of sp³-hybridized carbons (Fsp3) is 0.417. The molecule has 1 amide bonds. The van der Waals surface area contributed by atoms with Crippen molar-refractivity contribution < 1.29 is 14.3 Å². The standard InChI is InChI=1S/C12H15NO3/c1-8(15-2)12(14)13-10-7-16-11-6-4-3-5-9(10)11/h3-6,8,10H,7H2,1-2H3,(H,13,14). The molecule has 4 nitrogen and oxygen atoms in total. The molecule has 1 aliphatic heterocycles. The van der Waals surface area contributed by atoms with Gasteiger partial charge in [-0.25, -0.2) is 0 Å². The predicted octanol–water partition coefficient (Wildman–Crippen LogP) is 1.27. The number of fused-ring (bicyclic) bond motifs is 1. The summed E-state index contributed by atoms with van der Waals surface area (Å²) < 4.78 is 10.4. The van der Waals surface area contributed by atoms with Gasteiger partial charge in [-0.15, -0.1) is 0 Å². The number of rotatable bonds is 3. The second kappa shape index (κ2) is 4.53. The zero-order chi connectivity index (χ0) is 11.5. The molecule has 0 aromatic heterocycles. The number of carbonyl (C=O) groups is 1. The summed E-state index contributed by atoms with van der Waals surface area (Å²) in [6.07, 6.45) is -0.437. The zero-order valence-electron chi connectivity index (χ0n) is 9.40. The van der Waals surface area contributed by atoms with Crippen molar-refractivity contribution in [3.8, 4) is 5.75 Å². The summed E-state index contributed by atoms with van der Waals surface area (Å²) in [5.74, 6) is 0.727. The van der Waals surface area contributed by atoms with Gasteiger partial charge in [-0.2, -0.15) is 0 Å². The van der Waals surface area contributed by atoms with Crippen molar-refractivity contribution in [2.45, 2.75) is 19.1 Å². The predicted molar refractivity (Wildman–Crippen MR) is 59.3 cm³/mol. The van der Waals surface area contributed by atoms with E-state index in [0.29, 0.717) is 6.61 Å². The van der Waals surface area contributed by atoms with Crippen LogP contribution in [0.15, 0.2) is 24.3 Å². The topological polar surface area (TPSA) is 47.6 Å². The van der Waals surface area contributed by atoms with E-state index in [4.69, 9.17) is 9.47 Å². The molecule has 0 aliphatic carbocycles. The molecule has 0 spiro atoms. The van der Waals surface area contributed by atoms with Crippen molar-refractivity contribution in [2.75, 3.05) is 13.7 Å². The Bertz CT molecular complexity index is 392. The molecule has 1 N–H and O–H groups in total. The minimum absolute atomic E-state index is 0.0682. The SMILES string of the molecule is COC(C)C(=O)NC1COc2ccccc21. The Kier molecular flexibility index (Phi) is 3.10. The van der Waals surface area contributed by atoms with Crippen molar-refractivity contribution in [1.29, 1.82) is 0 Å². The van der Waals surface area contributed by atoms with Gasteiger partial charge in [-0.3, -0.25) is 4.79 Å². The molecule has 1 heterocycles. The molecule has 2 unspecified atom stereocenters. The molecule has 4 heteroatoms. The summed E-state index contributed by atoms with van der Waals surface area (Å²) >= 11 is 0. The molecule has 2 rings (SSSR count). The molecular weight excluding hydrogens is 206 g/mol. The second-order valence-electron chi connectivity index (χ2n) is 3.79. The molecule has 0 fully saturated rings. The number of carbonyl (C=O) groups excluding carboxylic acids is 1. The first-order valence-electron chi connectivity index (χ1n) is 5.27. The molecule has 16 heavy (non-hydrogen) atoms. The fourth-order valence-corrected chi connectivity index (χ4v) is 1.68. The number of hydrogen-bond donors (Lipinski definition) is 1. The van der Waals surface area contributed by atoms with E-state index in [0.717, 1.165) is 11.3 Å². The van der Waals surface area contributed by atoms with E-state index in [2.05, 4.69) is 5.32 Å². The Hall–Kier alpha value is -1.55.